The highest BCUT2D eigenvalue weighted by Crippen LogP contribution is 2.46. The molecule has 0 aromatic rings. The van der Waals surface area contributed by atoms with E-state index in [0.717, 1.165) is 12.8 Å². The monoisotopic (exact) mass is 337 g/mol. The molecule has 1 N–H and O–H groups in total. The number of halogens is 4. The van der Waals surface area contributed by atoms with Gasteiger partial charge in [-0.3, -0.25) is 0 Å². The topological polar surface area (TPSA) is 46.2 Å². The lowest BCUT2D eigenvalue weighted by molar-refractivity contribution is -0.134. The van der Waals surface area contributed by atoms with Crippen molar-refractivity contribution in [3.05, 3.63) is 0 Å². The molecule has 8 heteroatoms. The van der Waals surface area contributed by atoms with E-state index in [9.17, 15) is 21.6 Å². The van der Waals surface area contributed by atoms with Gasteiger partial charge in [0.15, 0.2) is 0 Å². The van der Waals surface area contributed by atoms with Crippen molar-refractivity contribution in [1.82, 2.24) is 4.72 Å². The maximum Gasteiger partial charge on any atom is 0.389 e. The largest absolute Gasteiger partial charge is 0.389 e. The molecule has 0 aliphatic heterocycles. The SMILES string of the molecule is O=S(=O)(CCCC(F)(F)F)NCC1(CBr)CC1. The minimum atomic E-state index is -4.29. The first kappa shape index (κ1) is 15.2. The minimum absolute atomic E-state index is 0.0168. The molecule has 0 heterocycles. The third-order valence-electron chi connectivity index (χ3n) is 2.78. The Morgan fingerprint density at radius 3 is 2.29 bits per heavy atom. The van der Waals surface area contributed by atoms with Gasteiger partial charge in [0.1, 0.15) is 0 Å². The highest BCUT2D eigenvalue weighted by molar-refractivity contribution is 9.09. The van der Waals surface area contributed by atoms with Crippen molar-refractivity contribution >= 4 is 26.0 Å². The zero-order valence-corrected chi connectivity index (χ0v) is 11.6. The van der Waals surface area contributed by atoms with E-state index in [1.807, 2.05) is 0 Å². The lowest BCUT2D eigenvalue weighted by Gasteiger charge is -2.13. The fourth-order valence-corrected chi connectivity index (χ4v) is 3.29. The predicted molar refractivity (Wildman–Crippen MR) is 62.5 cm³/mol. The summed E-state index contributed by atoms with van der Waals surface area (Å²) in [5, 5.41) is 0.713. The molecule has 0 bridgehead atoms. The Bertz CT molecular complexity index is 352. The standard InChI is InChI=1S/C9H15BrF3NO2S/c10-6-8(3-4-8)7-14-17(15,16)5-1-2-9(11,12)13/h14H,1-7H2. The highest BCUT2D eigenvalue weighted by atomic mass is 79.9. The second kappa shape index (κ2) is 5.44. The molecule has 0 radical (unpaired) electrons. The van der Waals surface area contributed by atoms with Crippen LogP contribution in [0.15, 0.2) is 0 Å². The second-order valence-corrected chi connectivity index (χ2v) is 6.98. The third kappa shape index (κ3) is 6.05. The van der Waals surface area contributed by atoms with Crippen molar-refractivity contribution in [3.63, 3.8) is 0 Å². The molecule has 102 valence electrons. The number of sulfonamides is 1. The van der Waals surface area contributed by atoms with Crippen LogP contribution in [0.4, 0.5) is 13.2 Å². The quantitative estimate of drug-likeness (QED) is 0.725. The van der Waals surface area contributed by atoms with Crippen molar-refractivity contribution in [1.29, 1.82) is 0 Å². The Labute approximate surface area is 107 Å². The van der Waals surface area contributed by atoms with E-state index in [1.54, 1.807) is 0 Å². The van der Waals surface area contributed by atoms with Crippen LogP contribution in [0.3, 0.4) is 0 Å². The van der Waals surface area contributed by atoms with Crippen LogP contribution >= 0.6 is 15.9 Å². The van der Waals surface area contributed by atoms with Gasteiger partial charge in [0, 0.05) is 18.3 Å². The van der Waals surface area contributed by atoms with Crippen LogP contribution in [0.25, 0.3) is 0 Å². The van der Waals surface area contributed by atoms with Crippen molar-refractivity contribution in [2.45, 2.75) is 31.9 Å². The summed E-state index contributed by atoms with van der Waals surface area (Å²) in [6.45, 7) is 0.312. The summed E-state index contributed by atoms with van der Waals surface area (Å²) in [6.07, 6.45) is -3.84. The molecule has 1 rings (SSSR count). The number of hydrogen-bond acceptors (Lipinski definition) is 2. The molecule has 0 spiro atoms. The molecule has 17 heavy (non-hydrogen) atoms. The van der Waals surface area contributed by atoms with Gasteiger partial charge in [0.2, 0.25) is 10.0 Å². The van der Waals surface area contributed by atoms with Gasteiger partial charge in [-0.05, 0) is 24.7 Å². The van der Waals surface area contributed by atoms with Gasteiger partial charge < -0.3 is 0 Å². The number of alkyl halides is 4. The summed E-state index contributed by atoms with van der Waals surface area (Å²) in [6, 6.07) is 0. The summed E-state index contributed by atoms with van der Waals surface area (Å²) < 4.78 is 60.7. The molecule has 1 aliphatic carbocycles. The Kier molecular flexibility index (Phi) is 4.88. The summed E-state index contributed by atoms with van der Waals surface area (Å²) in [5.74, 6) is -0.467. The van der Waals surface area contributed by atoms with Gasteiger partial charge in [-0.15, -0.1) is 0 Å². The van der Waals surface area contributed by atoms with E-state index in [2.05, 4.69) is 20.7 Å². The second-order valence-electron chi connectivity index (χ2n) is 4.49. The zero-order chi connectivity index (χ0) is 13.2. The van der Waals surface area contributed by atoms with Crippen LogP contribution in [-0.2, 0) is 10.0 Å². The number of nitrogens with one attached hydrogen (secondary N) is 1. The fourth-order valence-electron chi connectivity index (χ4n) is 1.33. The predicted octanol–water partition coefficient (Wildman–Crippen LogP) is 2.42. The molecule has 0 atom stereocenters. The van der Waals surface area contributed by atoms with E-state index in [-0.39, 0.29) is 11.8 Å². The van der Waals surface area contributed by atoms with Crippen LogP contribution in [0, 0.1) is 5.41 Å². The van der Waals surface area contributed by atoms with E-state index in [0.29, 0.717) is 11.9 Å². The van der Waals surface area contributed by atoms with Crippen molar-refractivity contribution in [3.8, 4) is 0 Å². The van der Waals surface area contributed by atoms with Crippen LogP contribution in [-0.4, -0.2) is 32.2 Å². The maximum absolute atomic E-state index is 11.8. The highest BCUT2D eigenvalue weighted by Gasteiger charge is 2.42. The van der Waals surface area contributed by atoms with Gasteiger partial charge >= 0.3 is 6.18 Å². The first-order chi connectivity index (χ1) is 7.68. The van der Waals surface area contributed by atoms with Gasteiger partial charge in [0.05, 0.1) is 5.75 Å². The average Bonchev–Trinajstić information content (AvgIpc) is 2.93. The molecular weight excluding hydrogens is 323 g/mol. The van der Waals surface area contributed by atoms with Gasteiger partial charge in [-0.2, -0.15) is 13.2 Å². The summed E-state index contributed by atoms with van der Waals surface area (Å²) in [4.78, 5) is 0. The number of hydrogen-bond donors (Lipinski definition) is 1. The van der Waals surface area contributed by atoms with E-state index >= 15 is 0 Å². The first-order valence-corrected chi connectivity index (χ1v) is 8.06. The molecule has 1 fully saturated rings. The number of rotatable bonds is 7. The van der Waals surface area contributed by atoms with Crippen molar-refractivity contribution in [2.24, 2.45) is 5.41 Å². The van der Waals surface area contributed by atoms with Gasteiger partial charge in [-0.1, -0.05) is 15.9 Å². The van der Waals surface area contributed by atoms with E-state index < -0.39 is 28.4 Å². The molecule has 0 aromatic heterocycles. The molecule has 3 nitrogen and oxygen atoms in total. The Balaban J connectivity index is 2.27. The molecule has 0 amide bonds. The Morgan fingerprint density at radius 1 is 1.29 bits per heavy atom. The molecule has 0 saturated heterocycles. The Hall–Kier alpha value is 0.180. The van der Waals surface area contributed by atoms with Crippen molar-refractivity contribution in [2.75, 3.05) is 17.6 Å². The summed E-state index contributed by atoms with van der Waals surface area (Å²) >= 11 is 3.30. The normalized spacial score (nSPS) is 19.3. The smallest absolute Gasteiger partial charge is 0.215 e. The van der Waals surface area contributed by atoms with Crippen LogP contribution in [0.2, 0.25) is 0 Å². The van der Waals surface area contributed by atoms with Crippen LogP contribution in [0.1, 0.15) is 25.7 Å². The molecular formula is C9H15BrF3NO2S. The molecule has 0 unspecified atom stereocenters. The van der Waals surface area contributed by atoms with Crippen LogP contribution in [0.5, 0.6) is 0 Å². The van der Waals surface area contributed by atoms with Crippen LogP contribution < -0.4 is 4.72 Å². The lowest BCUT2D eigenvalue weighted by Crippen LogP contribution is -2.33. The zero-order valence-electron chi connectivity index (χ0n) is 9.19. The molecule has 1 saturated carbocycles. The fraction of sp³-hybridized carbons (Fsp3) is 1.00. The van der Waals surface area contributed by atoms with E-state index in [4.69, 9.17) is 0 Å². The third-order valence-corrected chi connectivity index (χ3v) is 5.38. The molecule has 1 aliphatic rings. The summed E-state index contributed by atoms with van der Waals surface area (Å²) in [7, 11) is -3.58. The minimum Gasteiger partial charge on any atom is -0.215 e. The Morgan fingerprint density at radius 2 is 1.88 bits per heavy atom. The maximum atomic E-state index is 11.8. The lowest BCUT2D eigenvalue weighted by atomic mass is 10.1. The van der Waals surface area contributed by atoms with Gasteiger partial charge in [-0.25, -0.2) is 13.1 Å². The van der Waals surface area contributed by atoms with Gasteiger partial charge in [0.25, 0.3) is 0 Å². The first-order valence-electron chi connectivity index (χ1n) is 5.28. The van der Waals surface area contributed by atoms with E-state index in [1.165, 1.54) is 0 Å². The summed E-state index contributed by atoms with van der Waals surface area (Å²) in [5.41, 5.74) is -0.0168. The average molecular weight is 338 g/mol. The van der Waals surface area contributed by atoms with Crippen molar-refractivity contribution < 1.29 is 21.6 Å². The molecule has 0 aromatic carbocycles.